The lowest BCUT2D eigenvalue weighted by atomic mass is 9.95. The Morgan fingerprint density at radius 1 is 0.682 bits per heavy atom. The van der Waals surface area contributed by atoms with E-state index in [-0.39, 0.29) is 5.70 Å². The largest absolute Gasteiger partial charge is 0.477 e. The smallest absolute Gasteiger partial charge is 0.354 e. The summed E-state index contributed by atoms with van der Waals surface area (Å²) < 4.78 is 5.35. The molecule has 0 amide bonds. The second-order valence-electron chi connectivity index (χ2n) is 11.2. The molecule has 0 fully saturated rings. The molecule has 4 heteroatoms. The molecule has 0 aliphatic heterocycles. The zero-order valence-electron chi connectivity index (χ0n) is 26.5. The van der Waals surface area contributed by atoms with E-state index in [1.807, 2.05) is 67.6 Å². The van der Waals surface area contributed by atoms with Gasteiger partial charge < -0.3 is 5.11 Å². The van der Waals surface area contributed by atoms with E-state index in [9.17, 15) is 9.90 Å². The third kappa shape index (κ3) is 8.16. The second-order valence-corrected chi connectivity index (χ2v) is 14.2. The van der Waals surface area contributed by atoms with Crippen LogP contribution < -0.4 is 15.9 Å². The number of unbranched alkanes of at least 4 members (excludes halogenated alkanes) is 3. The lowest BCUT2D eigenvalue weighted by Gasteiger charge is -2.27. The summed E-state index contributed by atoms with van der Waals surface area (Å²) in [6.07, 6.45) is 12.9. The molecule has 4 aromatic rings. The van der Waals surface area contributed by atoms with Gasteiger partial charge in [0.2, 0.25) is 0 Å². The standard InChI is InChI=1S/C40H46NO2P/c1-4-7-8-12-20-34-30-28-32(31-35(34)19-5-2)27-29-33(6-3)39(40(42)43)41-44(36-21-13-9-14-22-36,37-23-15-10-16-24-37)38-25-17-11-18-26-38/h9-11,13-18,21-31H,4-8,12,19-20H2,1-3H3,(H,42,43). The Morgan fingerprint density at radius 3 is 1.73 bits per heavy atom. The number of hydrogen-bond donors (Lipinski definition) is 1. The van der Waals surface area contributed by atoms with Gasteiger partial charge in [-0.2, -0.15) is 0 Å². The van der Waals surface area contributed by atoms with Crippen molar-refractivity contribution in [2.45, 2.75) is 72.1 Å². The first-order valence-electron chi connectivity index (χ1n) is 16.1. The second kappa shape index (κ2) is 16.8. The molecule has 4 aromatic carbocycles. The number of allylic oxidation sites excluding steroid dienone is 2. The maximum absolute atomic E-state index is 13.0. The van der Waals surface area contributed by atoms with Crippen molar-refractivity contribution >= 4 is 35.0 Å². The summed E-state index contributed by atoms with van der Waals surface area (Å²) in [6, 6.07) is 37.3. The number of rotatable bonds is 15. The Morgan fingerprint density at radius 2 is 1.25 bits per heavy atom. The fourth-order valence-corrected chi connectivity index (χ4v) is 9.31. The summed E-state index contributed by atoms with van der Waals surface area (Å²) in [5.41, 5.74) is 4.77. The van der Waals surface area contributed by atoms with Crippen LogP contribution in [0, 0.1) is 0 Å². The molecule has 0 heterocycles. The molecule has 0 radical (unpaired) electrons. The van der Waals surface area contributed by atoms with Gasteiger partial charge in [0.15, 0.2) is 5.70 Å². The Balaban J connectivity index is 1.88. The van der Waals surface area contributed by atoms with Crippen molar-refractivity contribution in [3.63, 3.8) is 0 Å². The number of benzene rings is 4. The number of hydrogen-bond acceptors (Lipinski definition) is 2. The maximum Gasteiger partial charge on any atom is 0.354 e. The molecule has 228 valence electrons. The van der Waals surface area contributed by atoms with Crippen molar-refractivity contribution in [2.24, 2.45) is 4.74 Å². The van der Waals surface area contributed by atoms with E-state index >= 15 is 0 Å². The first-order valence-corrected chi connectivity index (χ1v) is 17.8. The molecule has 3 nitrogen and oxygen atoms in total. The molecule has 0 unspecified atom stereocenters. The fraction of sp³-hybridized carbons (Fsp3) is 0.275. The third-order valence-corrected chi connectivity index (χ3v) is 11.7. The monoisotopic (exact) mass is 603 g/mol. The van der Waals surface area contributed by atoms with Crippen LogP contribution >= 0.6 is 7.05 Å². The minimum absolute atomic E-state index is 0.120. The molecule has 0 aliphatic rings. The quantitative estimate of drug-likeness (QED) is 0.0636. The average Bonchev–Trinajstić information content (AvgIpc) is 3.07. The van der Waals surface area contributed by atoms with E-state index in [0.717, 1.165) is 40.7 Å². The van der Waals surface area contributed by atoms with Gasteiger partial charge in [-0.05, 0) is 47.9 Å². The van der Waals surface area contributed by atoms with Crippen LogP contribution in [0.25, 0.3) is 6.08 Å². The molecule has 1 N–H and O–H groups in total. The zero-order chi connectivity index (χ0) is 31.2. The lowest BCUT2D eigenvalue weighted by molar-refractivity contribution is -0.132. The van der Waals surface area contributed by atoms with Gasteiger partial charge in [0.1, 0.15) is 0 Å². The summed E-state index contributed by atoms with van der Waals surface area (Å²) in [5, 5.41) is 13.7. The number of aryl methyl sites for hydroxylation is 2. The van der Waals surface area contributed by atoms with E-state index in [1.165, 1.54) is 36.8 Å². The van der Waals surface area contributed by atoms with Crippen molar-refractivity contribution in [3.8, 4) is 0 Å². The van der Waals surface area contributed by atoms with Crippen LogP contribution in [0.3, 0.4) is 0 Å². The number of nitrogens with zero attached hydrogens (tertiary/aromatic N) is 1. The highest BCUT2D eigenvalue weighted by Crippen LogP contribution is 2.48. The highest BCUT2D eigenvalue weighted by Gasteiger charge is 2.29. The molecule has 0 saturated carbocycles. The van der Waals surface area contributed by atoms with E-state index in [2.05, 4.69) is 74.5 Å². The van der Waals surface area contributed by atoms with E-state index in [0.29, 0.717) is 12.0 Å². The van der Waals surface area contributed by atoms with Crippen LogP contribution in [0.2, 0.25) is 0 Å². The Hall–Kier alpha value is -3.94. The molecule has 0 atom stereocenters. The van der Waals surface area contributed by atoms with Gasteiger partial charge in [-0.15, -0.1) is 0 Å². The first-order chi connectivity index (χ1) is 21.5. The van der Waals surface area contributed by atoms with Crippen molar-refractivity contribution in [1.29, 1.82) is 0 Å². The van der Waals surface area contributed by atoms with Crippen molar-refractivity contribution < 1.29 is 9.90 Å². The average molecular weight is 604 g/mol. The molecule has 0 aromatic heterocycles. The summed E-state index contributed by atoms with van der Waals surface area (Å²) in [6.45, 7) is 6.48. The summed E-state index contributed by atoms with van der Waals surface area (Å²) in [4.78, 5) is 13.0. The van der Waals surface area contributed by atoms with Crippen LogP contribution in [-0.4, -0.2) is 11.1 Å². The molecule has 44 heavy (non-hydrogen) atoms. The van der Waals surface area contributed by atoms with Crippen LogP contribution in [0.1, 0.15) is 76.0 Å². The Labute approximate surface area is 264 Å². The van der Waals surface area contributed by atoms with Gasteiger partial charge in [-0.1, -0.05) is 168 Å². The van der Waals surface area contributed by atoms with E-state index in [1.54, 1.807) is 0 Å². The van der Waals surface area contributed by atoms with E-state index in [4.69, 9.17) is 4.74 Å². The highest BCUT2D eigenvalue weighted by molar-refractivity contribution is 7.87. The van der Waals surface area contributed by atoms with Gasteiger partial charge in [0.05, 0.1) is 7.05 Å². The minimum atomic E-state index is -2.71. The summed E-state index contributed by atoms with van der Waals surface area (Å²) >= 11 is 0. The predicted octanol–water partition coefficient (Wildman–Crippen LogP) is 9.70. The Bertz CT molecular complexity index is 1500. The van der Waals surface area contributed by atoms with Gasteiger partial charge in [-0.3, -0.25) is 0 Å². The van der Waals surface area contributed by atoms with Gasteiger partial charge in [-0.25, -0.2) is 9.54 Å². The molecule has 4 rings (SSSR count). The summed E-state index contributed by atoms with van der Waals surface area (Å²) in [5.74, 6) is -1.01. The third-order valence-electron chi connectivity index (χ3n) is 8.05. The highest BCUT2D eigenvalue weighted by atomic mass is 31.2. The molecule has 0 aliphatic carbocycles. The molecule has 0 saturated heterocycles. The van der Waals surface area contributed by atoms with Crippen LogP contribution in [0.15, 0.2) is 131 Å². The normalized spacial score (nSPS) is 12.2. The summed E-state index contributed by atoms with van der Waals surface area (Å²) in [7, 11) is -2.71. The number of carbonyl (C=O) groups is 1. The minimum Gasteiger partial charge on any atom is -0.477 e. The SMILES string of the molecule is CCCCCCc1ccc(C=CC(CC)=C(N=P(c2ccccc2)(c2ccccc2)c2ccccc2)C(=O)O)cc1CCC. The Kier molecular flexibility index (Phi) is 12.6. The predicted molar refractivity (Wildman–Crippen MR) is 190 cm³/mol. The lowest BCUT2D eigenvalue weighted by Crippen LogP contribution is -2.26. The molecular weight excluding hydrogens is 557 g/mol. The van der Waals surface area contributed by atoms with Crippen molar-refractivity contribution in [3.05, 3.63) is 143 Å². The van der Waals surface area contributed by atoms with Gasteiger partial charge >= 0.3 is 5.97 Å². The fourth-order valence-electron chi connectivity index (χ4n) is 5.74. The van der Waals surface area contributed by atoms with Crippen molar-refractivity contribution in [2.75, 3.05) is 0 Å². The molecular formula is C40H46NO2P. The van der Waals surface area contributed by atoms with Crippen LogP contribution in [0.5, 0.6) is 0 Å². The topological polar surface area (TPSA) is 49.7 Å². The van der Waals surface area contributed by atoms with Crippen LogP contribution in [-0.2, 0) is 17.6 Å². The van der Waals surface area contributed by atoms with Crippen molar-refractivity contribution in [1.82, 2.24) is 0 Å². The van der Waals surface area contributed by atoms with Gasteiger partial charge in [0.25, 0.3) is 0 Å². The van der Waals surface area contributed by atoms with E-state index < -0.39 is 13.0 Å². The number of carboxylic acid groups (broad SMARTS) is 1. The molecule has 0 spiro atoms. The zero-order valence-corrected chi connectivity index (χ0v) is 27.3. The first kappa shape index (κ1) is 33.0. The van der Waals surface area contributed by atoms with Gasteiger partial charge in [0, 0.05) is 15.9 Å². The maximum atomic E-state index is 13.0. The number of aliphatic carboxylic acids is 1. The molecule has 0 bridgehead atoms. The number of carboxylic acids is 1. The van der Waals surface area contributed by atoms with Crippen LogP contribution in [0.4, 0.5) is 0 Å².